The van der Waals surface area contributed by atoms with Gasteiger partial charge in [0.05, 0.1) is 16.5 Å². The van der Waals surface area contributed by atoms with Gasteiger partial charge in [-0.1, -0.05) is 22.9 Å². The highest BCUT2D eigenvalue weighted by atomic mass is 32.1. The predicted molar refractivity (Wildman–Crippen MR) is 115 cm³/mol. The Balaban J connectivity index is 1.28. The summed E-state index contributed by atoms with van der Waals surface area (Å²) in [5.41, 5.74) is 2.70. The summed E-state index contributed by atoms with van der Waals surface area (Å²) in [5.74, 6) is 1.11. The van der Waals surface area contributed by atoms with Crippen LogP contribution in [0.15, 0.2) is 34.9 Å². The fourth-order valence-corrected chi connectivity index (χ4v) is 4.54. The lowest BCUT2D eigenvalue weighted by molar-refractivity contribution is -0.122. The molecule has 1 aliphatic carbocycles. The van der Waals surface area contributed by atoms with Crippen LogP contribution in [-0.2, 0) is 9.59 Å². The number of carbonyl (C=O) groups excluding carboxylic acids is 2. The fraction of sp³-hybridized carbons (Fsp3) is 0.364. The number of amides is 2. The van der Waals surface area contributed by atoms with Crippen molar-refractivity contribution in [3.8, 4) is 10.7 Å². The summed E-state index contributed by atoms with van der Waals surface area (Å²) in [6.07, 6.45) is 2.42. The van der Waals surface area contributed by atoms with Crippen molar-refractivity contribution in [3.63, 3.8) is 0 Å². The van der Waals surface area contributed by atoms with E-state index in [0.717, 1.165) is 39.5 Å². The van der Waals surface area contributed by atoms with Crippen molar-refractivity contribution in [2.45, 2.75) is 39.0 Å². The number of benzene rings is 1. The van der Waals surface area contributed by atoms with Gasteiger partial charge in [0.25, 0.3) is 0 Å². The molecule has 0 unspecified atom stereocenters. The van der Waals surface area contributed by atoms with Gasteiger partial charge in [0.15, 0.2) is 0 Å². The number of carbonyl (C=O) groups is 2. The molecule has 30 heavy (non-hydrogen) atoms. The molecule has 3 aromatic rings. The number of nitrogens with one attached hydrogen (secondary N) is 1. The number of hydrogen-bond acceptors (Lipinski definition) is 6. The van der Waals surface area contributed by atoms with Crippen LogP contribution in [0.2, 0.25) is 0 Å². The number of aryl methyl sites for hydroxylation is 2. The van der Waals surface area contributed by atoms with Crippen LogP contribution in [0.4, 0.5) is 11.4 Å². The molecule has 0 spiro atoms. The molecule has 1 N–H and O–H groups in total. The Morgan fingerprint density at radius 3 is 2.73 bits per heavy atom. The molecule has 5 rings (SSSR count). The van der Waals surface area contributed by atoms with Crippen molar-refractivity contribution in [2.24, 2.45) is 5.92 Å². The second kappa shape index (κ2) is 7.36. The SMILES string of the molecule is Cc1ccc(N2C[C@@H](C(=O)Nc3cc(-c4noc(C5CC5)n4)sc3C)CC2=O)cc1. The second-order valence-electron chi connectivity index (χ2n) is 8.04. The minimum Gasteiger partial charge on any atom is -0.339 e. The summed E-state index contributed by atoms with van der Waals surface area (Å²) in [6.45, 7) is 4.34. The lowest BCUT2D eigenvalue weighted by Gasteiger charge is -2.17. The predicted octanol–water partition coefficient (Wildman–Crippen LogP) is 4.28. The van der Waals surface area contributed by atoms with Gasteiger partial charge in [-0.05, 0) is 44.9 Å². The first-order valence-electron chi connectivity index (χ1n) is 10.1. The summed E-state index contributed by atoms with van der Waals surface area (Å²) in [6, 6.07) is 9.67. The maximum absolute atomic E-state index is 12.9. The van der Waals surface area contributed by atoms with E-state index >= 15 is 0 Å². The van der Waals surface area contributed by atoms with E-state index in [9.17, 15) is 9.59 Å². The van der Waals surface area contributed by atoms with E-state index in [1.807, 2.05) is 44.2 Å². The van der Waals surface area contributed by atoms with Crippen molar-refractivity contribution in [2.75, 3.05) is 16.8 Å². The largest absolute Gasteiger partial charge is 0.339 e. The average molecular weight is 423 g/mol. The van der Waals surface area contributed by atoms with Crippen LogP contribution in [0, 0.1) is 19.8 Å². The maximum atomic E-state index is 12.9. The zero-order valence-electron chi connectivity index (χ0n) is 16.8. The normalized spacial score (nSPS) is 18.8. The number of aromatic nitrogens is 2. The van der Waals surface area contributed by atoms with E-state index in [2.05, 4.69) is 15.5 Å². The van der Waals surface area contributed by atoms with Crippen LogP contribution < -0.4 is 10.2 Å². The van der Waals surface area contributed by atoms with Gasteiger partial charge in [-0.2, -0.15) is 4.98 Å². The molecule has 154 valence electrons. The summed E-state index contributed by atoms with van der Waals surface area (Å²) < 4.78 is 5.34. The van der Waals surface area contributed by atoms with E-state index in [1.165, 1.54) is 11.3 Å². The highest BCUT2D eigenvalue weighted by Crippen LogP contribution is 2.40. The van der Waals surface area contributed by atoms with Crippen molar-refractivity contribution < 1.29 is 14.1 Å². The molecule has 1 aromatic carbocycles. The Hall–Kier alpha value is -3.00. The fourth-order valence-electron chi connectivity index (χ4n) is 3.64. The molecule has 3 heterocycles. The van der Waals surface area contributed by atoms with Gasteiger partial charge in [0.2, 0.25) is 23.5 Å². The molecule has 0 bridgehead atoms. The Morgan fingerprint density at radius 1 is 1.23 bits per heavy atom. The van der Waals surface area contributed by atoms with Crippen molar-refractivity contribution in [1.82, 2.24) is 10.1 Å². The smallest absolute Gasteiger partial charge is 0.230 e. The van der Waals surface area contributed by atoms with Gasteiger partial charge < -0.3 is 14.7 Å². The minimum atomic E-state index is -0.381. The van der Waals surface area contributed by atoms with E-state index in [-0.39, 0.29) is 24.2 Å². The number of nitrogens with zero attached hydrogens (tertiary/aromatic N) is 3. The Kier molecular flexibility index (Phi) is 4.66. The first kappa shape index (κ1) is 19.0. The third-order valence-corrected chi connectivity index (χ3v) is 6.65. The zero-order valence-corrected chi connectivity index (χ0v) is 17.7. The monoisotopic (exact) mass is 422 g/mol. The molecule has 8 heteroatoms. The van der Waals surface area contributed by atoms with Crippen molar-refractivity contribution in [3.05, 3.63) is 46.7 Å². The molecule has 2 aromatic heterocycles. The Morgan fingerprint density at radius 2 is 2.00 bits per heavy atom. The van der Waals surface area contributed by atoms with Gasteiger partial charge in [-0.25, -0.2) is 0 Å². The van der Waals surface area contributed by atoms with Crippen LogP contribution in [0.25, 0.3) is 10.7 Å². The summed E-state index contributed by atoms with van der Waals surface area (Å²) in [7, 11) is 0. The molecular formula is C22H22N4O3S. The zero-order chi connectivity index (χ0) is 20.8. The number of anilines is 2. The first-order valence-corrected chi connectivity index (χ1v) is 10.9. The van der Waals surface area contributed by atoms with E-state index in [1.54, 1.807) is 4.90 Å². The van der Waals surface area contributed by atoms with Crippen molar-refractivity contribution in [1.29, 1.82) is 0 Å². The minimum absolute atomic E-state index is 0.0267. The Labute approximate surface area is 178 Å². The summed E-state index contributed by atoms with van der Waals surface area (Å²) in [5, 5.41) is 7.07. The molecule has 1 aliphatic heterocycles. The highest BCUT2D eigenvalue weighted by Gasteiger charge is 2.35. The molecule has 2 aliphatic rings. The van der Waals surface area contributed by atoms with Gasteiger partial charge in [-0.3, -0.25) is 9.59 Å². The van der Waals surface area contributed by atoms with E-state index < -0.39 is 0 Å². The molecule has 1 atom stereocenters. The van der Waals surface area contributed by atoms with Crippen molar-refractivity contribution >= 4 is 34.5 Å². The molecular weight excluding hydrogens is 400 g/mol. The molecule has 7 nitrogen and oxygen atoms in total. The summed E-state index contributed by atoms with van der Waals surface area (Å²) in [4.78, 5) is 33.3. The average Bonchev–Trinajstić information content (AvgIpc) is 3.15. The molecule has 1 saturated carbocycles. The highest BCUT2D eigenvalue weighted by molar-refractivity contribution is 7.16. The molecule has 0 radical (unpaired) electrons. The number of rotatable bonds is 5. The van der Waals surface area contributed by atoms with Crippen LogP contribution >= 0.6 is 11.3 Å². The third-order valence-electron chi connectivity index (χ3n) is 5.61. The second-order valence-corrected chi connectivity index (χ2v) is 9.30. The van der Waals surface area contributed by atoms with Crippen LogP contribution in [0.3, 0.4) is 0 Å². The van der Waals surface area contributed by atoms with E-state index in [4.69, 9.17) is 4.52 Å². The van der Waals surface area contributed by atoms with Gasteiger partial charge in [0, 0.05) is 29.4 Å². The third kappa shape index (κ3) is 3.63. The lowest BCUT2D eigenvalue weighted by Crippen LogP contribution is -2.28. The standard InChI is InChI=1S/C22H22N4O3S/c1-12-3-7-16(8-4-12)26-11-15(9-19(26)27)21(28)23-17-10-18(30-13(17)2)20-24-22(29-25-20)14-5-6-14/h3-4,7-8,10,14-15H,5-6,9,11H2,1-2H3,(H,23,28)/t15-/m0/s1. The molecule has 2 amide bonds. The number of hydrogen-bond donors (Lipinski definition) is 1. The quantitative estimate of drug-likeness (QED) is 0.663. The van der Waals surface area contributed by atoms with Gasteiger partial charge in [-0.15, -0.1) is 11.3 Å². The molecule has 1 saturated heterocycles. The summed E-state index contributed by atoms with van der Waals surface area (Å²) >= 11 is 1.52. The topological polar surface area (TPSA) is 88.3 Å². The van der Waals surface area contributed by atoms with Crippen LogP contribution in [0.1, 0.15) is 41.5 Å². The van der Waals surface area contributed by atoms with E-state index in [0.29, 0.717) is 24.2 Å². The molecule has 2 fully saturated rings. The van der Waals surface area contributed by atoms with Crippen LogP contribution in [0.5, 0.6) is 0 Å². The maximum Gasteiger partial charge on any atom is 0.230 e. The van der Waals surface area contributed by atoms with Gasteiger partial charge in [0.1, 0.15) is 0 Å². The lowest BCUT2D eigenvalue weighted by atomic mass is 10.1. The Bertz CT molecular complexity index is 1110. The van der Waals surface area contributed by atoms with Gasteiger partial charge >= 0.3 is 0 Å². The first-order chi connectivity index (χ1) is 14.5. The number of thiophene rings is 1. The van der Waals surface area contributed by atoms with Crippen LogP contribution in [-0.4, -0.2) is 28.5 Å².